The highest BCUT2D eigenvalue weighted by Crippen LogP contribution is 2.42. The second-order valence-electron chi connectivity index (χ2n) is 4.62. The zero-order valence-electron chi connectivity index (χ0n) is 8.34. The molecule has 1 aliphatic heterocycles. The van der Waals surface area contributed by atoms with Gasteiger partial charge in [0.1, 0.15) is 0 Å². The number of aliphatic hydroxyl groups is 1. The fourth-order valence-corrected chi connectivity index (χ4v) is 2.68. The standard InChI is InChI=1S/C11H21NO/c13-8-11(10-3-4-10)9-2-1-6-12-7-5-9/h9-13H,1-8H2. The third-order valence-corrected chi connectivity index (χ3v) is 3.66. The number of nitrogens with one attached hydrogen (secondary N) is 1. The van der Waals surface area contributed by atoms with Crippen LogP contribution in [-0.4, -0.2) is 24.8 Å². The summed E-state index contributed by atoms with van der Waals surface area (Å²) in [6.45, 7) is 2.77. The largest absolute Gasteiger partial charge is 0.396 e. The van der Waals surface area contributed by atoms with E-state index in [2.05, 4.69) is 5.32 Å². The molecular formula is C11H21NO. The van der Waals surface area contributed by atoms with Gasteiger partial charge in [-0.2, -0.15) is 0 Å². The van der Waals surface area contributed by atoms with E-state index in [0.29, 0.717) is 12.5 Å². The molecule has 2 aliphatic rings. The summed E-state index contributed by atoms with van der Waals surface area (Å²) >= 11 is 0. The molecule has 2 nitrogen and oxygen atoms in total. The average molecular weight is 183 g/mol. The third-order valence-electron chi connectivity index (χ3n) is 3.66. The van der Waals surface area contributed by atoms with Crippen molar-refractivity contribution in [3.63, 3.8) is 0 Å². The fourth-order valence-electron chi connectivity index (χ4n) is 2.68. The van der Waals surface area contributed by atoms with Crippen LogP contribution in [0.1, 0.15) is 32.1 Å². The van der Waals surface area contributed by atoms with E-state index >= 15 is 0 Å². The Labute approximate surface area is 80.7 Å². The second-order valence-corrected chi connectivity index (χ2v) is 4.62. The van der Waals surface area contributed by atoms with E-state index in [9.17, 15) is 5.11 Å². The molecule has 0 aromatic rings. The first kappa shape index (κ1) is 9.47. The molecule has 1 saturated carbocycles. The Balaban J connectivity index is 1.87. The first-order chi connectivity index (χ1) is 6.42. The highest BCUT2D eigenvalue weighted by Gasteiger charge is 2.35. The van der Waals surface area contributed by atoms with Crippen LogP contribution in [-0.2, 0) is 0 Å². The Morgan fingerprint density at radius 1 is 1.08 bits per heavy atom. The summed E-state index contributed by atoms with van der Waals surface area (Å²) in [4.78, 5) is 0. The Hall–Kier alpha value is -0.0800. The lowest BCUT2D eigenvalue weighted by Crippen LogP contribution is -2.22. The average Bonchev–Trinajstić information content (AvgIpc) is 2.92. The molecule has 0 aromatic heterocycles. The van der Waals surface area contributed by atoms with Crippen LogP contribution < -0.4 is 5.32 Å². The van der Waals surface area contributed by atoms with Gasteiger partial charge in [0.2, 0.25) is 0 Å². The summed E-state index contributed by atoms with van der Waals surface area (Å²) in [5.74, 6) is 2.29. The first-order valence-electron chi connectivity index (χ1n) is 5.73. The highest BCUT2D eigenvalue weighted by molar-refractivity contribution is 4.86. The maximum absolute atomic E-state index is 9.36. The van der Waals surface area contributed by atoms with Crippen molar-refractivity contribution in [3.05, 3.63) is 0 Å². The molecule has 1 heterocycles. The van der Waals surface area contributed by atoms with Crippen molar-refractivity contribution in [3.8, 4) is 0 Å². The molecule has 2 atom stereocenters. The minimum absolute atomic E-state index is 0.426. The Morgan fingerprint density at radius 2 is 1.85 bits per heavy atom. The lowest BCUT2D eigenvalue weighted by molar-refractivity contribution is 0.147. The predicted molar refractivity (Wildman–Crippen MR) is 53.5 cm³/mol. The van der Waals surface area contributed by atoms with Gasteiger partial charge in [-0.1, -0.05) is 0 Å². The van der Waals surface area contributed by atoms with E-state index in [-0.39, 0.29) is 0 Å². The monoisotopic (exact) mass is 183 g/mol. The Morgan fingerprint density at radius 3 is 2.54 bits per heavy atom. The minimum Gasteiger partial charge on any atom is -0.396 e. The zero-order chi connectivity index (χ0) is 9.10. The lowest BCUT2D eigenvalue weighted by Gasteiger charge is -2.23. The third kappa shape index (κ3) is 2.44. The predicted octanol–water partition coefficient (Wildman–Crippen LogP) is 1.39. The van der Waals surface area contributed by atoms with Gasteiger partial charge in [-0.25, -0.2) is 0 Å². The summed E-state index contributed by atoms with van der Waals surface area (Å²) < 4.78 is 0. The molecule has 2 fully saturated rings. The maximum Gasteiger partial charge on any atom is 0.0464 e. The Bertz CT molecular complexity index is 148. The van der Waals surface area contributed by atoms with E-state index in [4.69, 9.17) is 0 Å². The number of aliphatic hydroxyl groups excluding tert-OH is 1. The molecular weight excluding hydrogens is 162 g/mol. The van der Waals surface area contributed by atoms with Gasteiger partial charge >= 0.3 is 0 Å². The van der Waals surface area contributed by atoms with Gasteiger partial charge in [0.25, 0.3) is 0 Å². The normalized spacial score (nSPS) is 32.5. The van der Waals surface area contributed by atoms with Crippen LogP contribution in [0.3, 0.4) is 0 Å². The number of rotatable bonds is 3. The molecule has 2 rings (SSSR count). The molecule has 2 unspecified atom stereocenters. The van der Waals surface area contributed by atoms with Crippen molar-refractivity contribution < 1.29 is 5.11 Å². The highest BCUT2D eigenvalue weighted by atomic mass is 16.3. The van der Waals surface area contributed by atoms with Crippen molar-refractivity contribution in [2.75, 3.05) is 19.7 Å². The van der Waals surface area contributed by atoms with Gasteiger partial charge in [-0.05, 0) is 62.9 Å². The van der Waals surface area contributed by atoms with E-state index in [1.807, 2.05) is 0 Å². The van der Waals surface area contributed by atoms with Crippen LogP contribution in [0.5, 0.6) is 0 Å². The van der Waals surface area contributed by atoms with E-state index in [1.54, 1.807) is 0 Å². The molecule has 0 aromatic carbocycles. The molecule has 0 radical (unpaired) electrons. The van der Waals surface area contributed by atoms with Crippen molar-refractivity contribution in [2.24, 2.45) is 17.8 Å². The summed E-state index contributed by atoms with van der Waals surface area (Å²) in [6.07, 6.45) is 6.65. The van der Waals surface area contributed by atoms with E-state index < -0.39 is 0 Å². The molecule has 76 valence electrons. The van der Waals surface area contributed by atoms with Crippen molar-refractivity contribution in [1.29, 1.82) is 0 Å². The molecule has 1 aliphatic carbocycles. The van der Waals surface area contributed by atoms with Gasteiger partial charge in [0.05, 0.1) is 0 Å². The van der Waals surface area contributed by atoms with Crippen LogP contribution in [0.4, 0.5) is 0 Å². The fraction of sp³-hybridized carbons (Fsp3) is 1.00. The summed E-state index contributed by atoms with van der Waals surface area (Å²) in [5.41, 5.74) is 0. The molecule has 0 spiro atoms. The SMILES string of the molecule is OCC(C1CCCNCC1)C1CC1. The zero-order valence-corrected chi connectivity index (χ0v) is 8.34. The van der Waals surface area contributed by atoms with E-state index in [0.717, 1.165) is 18.4 Å². The number of hydrogen-bond acceptors (Lipinski definition) is 2. The maximum atomic E-state index is 9.36. The molecule has 0 bridgehead atoms. The smallest absolute Gasteiger partial charge is 0.0464 e. The van der Waals surface area contributed by atoms with Gasteiger partial charge in [0.15, 0.2) is 0 Å². The summed E-state index contributed by atoms with van der Waals surface area (Å²) in [6, 6.07) is 0. The topological polar surface area (TPSA) is 32.3 Å². The first-order valence-corrected chi connectivity index (χ1v) is 5.73. The van der Waals surface area contributed by atoms with Crippen molar-refractivity contribution in [2.45, 2.75) is 32.1 Å². The van der Waals surface area contributed by atoms with Crippen molar-refractivity contribution >= 4 is 0 Å². The summed E-state index contributed by atoms with van der Waals surface area (Å²) in [5, 5.41) is 12.8. The molecule has 2 N–H and O–H groups in total. The van der Waals surface area contributed by atoms with Gasteiger partial charge in [-0.15, -0.1) is 0 Å². The van der Waals surface area contributed by atoms with Crippen LogP contribution in [0.15, 0.2) is 0 Å². The van der Waals surface area contributed by atoms with Crippen LogP contribution in [0, 0.1) is 17.8 Å². The molecule has 1 saturated heterocycles. The Kier molecular flexibility index (Phi) is 3.23. The quantitative estimate of drug-likeness (QED) is 0.693. The molecule has 0 amide bonds. The number of hydrogen-bond donors (Lipinski definition) is 2. The molecule has 13 heavy (non-hydrogen) atoms. The van der Waals surface area contributed by atoms with Crippen molar-refractivity contribution in [1.82, 2.24) is 5.32 Å². The minimum atomic E-state index is 0.426. The lowest BCUT2D eigenvalue weighted by atomic mass is 9.83. The second kappa shape index (κ2) is 4.43. The van der Waals surface area contributed by atoms with Crippen LogP contribution >= 0.6 is 0 Å². The van der Waals surface area contributed by atoms with Crippen LogP contribution in [0.2, 0.25) is 0 Å². The summed E-state index contributed by atoms with van der Waals surface area (Å²) in [7, 11) is 0. The van der Waals surface area contributed by atoms with Gasteiger partial charge < -0.3 is 10.4 Å². The van der Waals surface area contributed by atoms with Gasteiger partial charge in [0, 0.05) is 6.61 Å². The van der Waals surface area contributed by atoms with E-state index in [1.165, 1.54) is 38.6 Å². The van der Waals surface area contributed by atoms with Crippen LogP contribution in [0.25, 0.3) is 0 Å². The van der Waals surface area contributed by atoms with Gasteiger partial charge in [-0.3, -0.25) is 0 Å². The molecule has 2 heteroatoms.